The van der Waals surface area contributed by atoms with E-state index in [0.717, 1.165) is 16.9 Å². The van der Waals surface area contributed by atoms with Gasteiger partial charge in [-0.05, 0) is 18.6 Å². The molecule has 6 nitrogen and oxygen atoms in total. The number of carbonyl (C=O) groups excluding carboxylic acids is 1. The molecule has 0 aliphatic heterocycles. The lowest BCUT2D eigenvalue weighted by Gasteiger charge is -2.14. The van der Waals surface area contributed by atoms with Crippen LogP contribution in [0.15, 0.2) is 23.2 Å². The number of aryl methyl sites for hydroxylation is 1. The second-order valence-corrected chi connectivity index (χ2v) is 5.61. The highest BCUT2D eigenvalue weighted by atomic mass is 16.5. The molecule has 23 heavy (non-hydrogen) atoms. The van der Waals surface area contributed by atoms with Gasteiger partial charge in [-0.3, -0.25) is 9.79 Å². The van der Waals surface area contributed by atoms with Gasteiger partial charge in [0, 0.05) is 38.2 Å². The molecule has 6 heteroatoms. The largest absolute Gasteiger partial charge is 0.496 e. The molecular formula is C17H28N4O2. The number of nitrogens with one attached hydrogen (secondary N) is 3. The van der Waals surface area contributed by atoms with E-state index in [9.17, 15) is 4.79 Å². The molecule has 0 atom stereocenters. The summed E-state index contributed by atoms with van der Waals surface area (Å²) in [6.07, 6.45) is 0. The van der Waals surface area contributed by atoms with Crippen molar-refractivity contribution in [2.24, 2.45) is 10.9 Å². The fourth-order valence-corrected chi connectivity index (χ4v) is 1.97. The van der Waals surface area contributed by atoms with Gasteiger partial charge in [-0.2, -0.15) is 0 Å². The van der Waals surface area contributed by atoms with Crippen molar-refractivity contribution in [3.63, 3.8) is 0 Å². The molecule has 0 unspecified atom stereocenters. The molecule has 0 aromatic heterocycles. The Bertz CT molecular complexity index is 541. The zero-order valence-electron chi connectivity index (χ0n) is 14.7. The van der Waals surface area contributed by atoms with E-state index in [-0.39, 0.29) is 11.8 Å². The summed E-state index contributed by atoms with van der Waals surface area (Å²) in [4.78, 5) is 15.6. The van der Waals surface area contributed by atoms with E-state index < -0.39 is 0 Å². The Hall–Kier alpha value is -2.24. The van der Waals surface area contributed by atoms with E-state index in [0.29, 0.717) is 25.6 Å². The van der Waals surface area contributed by atoms with Gasteiger partial charge in [-0.25, -0.2) is 0 Å². The number of carbonyl (C=O) groups is 1. The second-order valence-electron chi connectivity index (χ2n) is 5.61. The monoisotopic (exact) mass is 320 g/mol. The third-order valence-corrected chi connectivity index (χ3v) is 3.35. The van der Waals surface area contributed by atoms with Crippen LogP contribution in [0.5, 0.6) is 5.75 Å². The van der Waals surface area contributed by atoms with Crippen molar-refractivity contribution >= 4 is 11.9 Å². The smallest absolute Gasteiger partial charge is 0.222 e. The first-order chi connectivity index (χ1) is 11.0. The Morgan fingerprint density at radius 1 is 1.22 bits per heavy atom. The van der Waals surface area contributed by atoms with Gasteiger partial charge in [0.2, 0.25) is 5.91 Å². The average Bonchev–Trinajstić information content (AvgIpc) is 2.54. The first-order valence-electron chi connectivity index (χ1n) is 7.83. The maximum absolute atomic E-state index is 11.5. The predicted molar refractivity (Wildman–Crippen MR) is 93.8 cm³/mol. The lowest BCUT2D eigenvalue weighted by Crippen LogP contribution is -2.41. The third-order valence-electron chi connectivity index (χ3n) is 3.35. The Morgan fingerprint density at radius 2 is 1.91 bits per heavy atom. The summed E-state index contributed by atoms with van der Waals surface area (Å²) in [6, 6.07) is 6.10. The van der Waals surface area contributed by atoms with Gasteiger partial charge >= 0.3 is 0 Å². The number of hydrogen-bond donors (Lipinski definition) is 3. The molecule has 1 amide bonds. The van der Waals surface area contributed by atoms with Crippen LogP contribution in [0.4, 0.5) is 0 Å². The number of hydrogen-bond acceptors (Lipinski definition) is 3. The maximum Gasteiger partial charge on any atom is 0.222 e. The van der Waals surface area contributed by atoms with Crippen LogP contribution in [0.1, 0.15) is 25.0 Å². The third kappa shape index (κ3) is 6.59. The Kier molecular flexibility index (Phi) is 7.94. The molecule has 0 aliphatic carbocycles. The molecular weight excluding hydrogens is 292 g/mol. The van der Waals surface area contributed by atoms with E-state index in [1.165, 1.54) is 0 Å². The van der Waals surface area contributed by atoms with E-state index in [2.05, 4.69) is 27.0 Å². The quantitative estimate of drug-likeness (QED) is 0.404. The van der Waals surface area contributed by atoms with Crippen LogP contribution in [0.3, 0.4) is 0 Å². The van der Waals surface area contributed by atoms with Gasteiger partial charge < -0.3 is 20.7 Å². The SMILES string of the molecule is CN=C(NCCNC(=O)C(C)C)NCc1ccc(C)cc1OC. The van der Waals surface area contributed by atoms with Crippen LogP contribution in [0.2, 0.25) is 0 Å². The highest BCUT2D eigenvalue weighted by Crippen LogP contribution is 2.19. The second kappa shape index (κ2) is 9.71. The summed E-state index contributed by atoms with van der Waals surface area (Å²) in [5.74, 6) is 1.60. The fraction of sp³-hybridized carbons (Fsp3) is 0.529. The van der Waals surface area contributed by atoms with E-state index in [1.54, 1.807) is 14.2 Å². The summed E-state index contributed by atoms with van der Waals surface area (Å²) in [5, 5.41) is 9.26. The summed E-state index contributed by atoms with van der Waals surface area (Å²) in [5.41, 5.74) is 2.23. The van der Waals surface area contributed by atoms with Gasteiger partial charge in [-0.1, -0.05) is 26.0 Å². The number of rotatable bonds is 7. The number of ether oxygens (including phenoxy) is 1. The molecule has 0 heterocycles. The first kappa shape index (κ1) is 18.8. The summed E-state index contributed by atoms with van der Waals surface area (Å²) in [7, 11) is 3.39. The van der Waals surface area contributed by atoms with Crippen LogP contribution in [-0.2, 0) is 11.3 Å². The zero-order valence-corrected chi connectivity index (χ0v) is 14.7. The van der Waals surface area contributed by atoms with E-state index >= 15 is 0 Å². The predicted octanol–water partition coefficient (Wildman–Crippen LogP) is 1.44. The molecule has 128 valence electrons. The highest BCUT2D eigenvalue weighted by Gasteiger charge is 2.06. The fourth-order valence-electron chi connectivity index (χ4n) is 1.97. The van der Waals surface area contributed by atoms with Gasteiger partial charge in [0.1, 0.15) is 5.75 Å². The summed E-state index contributed by atoms with van der Waals surface area (Å²) >= 11 is 0. The molecule has 1 aromatic rings. The average molecular weight is 320 g/mol. The van der Waals surface area contributed by atoms with Crippen LogP contribution >= 0.6 is 0 Å². The number of aliphatic imine (C=N–C) groups is 1. The topological polar surface area (TPSA) is 74.8 Å². The number of methoxy groups -OCH3 is 1. The standard InChI is InChI=1S/C17H28N4O2/c1-12(2)16(22)19-8-9-20-17(18-4)21-11-14-7-6-13(3)10-15(14)23-5/h6-7,10,12H,8-9,11H2,1-5H3,(H,19,22)(H2,18,20,21). The Balaban J connectivity index is 2.41. The van der Waals surface area contributed by atoms with Crippen LogP contribution in [0.25, 0.3) is 0 Å². The lowest BCUT2D eigenvalue weighted by atomic mass is 10.1. The molecule has 0 bridgehead atoms. The first-order valence-corrected chi connectivity index (χ1v) is 7.83. The minimum atomic E-state index is 0.00133. The van der Waals surface area contributed by atoms with Crippen molar-refractivity contribution in [1.82, 2.24) is 16.0 Å². The lowest BCUT2D eigenvalue weighted by molar-refractivity contribution is -0.123. The normalized spacial score (nSPS) is 11.3. The molecule has 0 saturated carbocycles. The number of nitrogens with zero attached hydrogens (tertiary/aromatic N) is 1. The molecule has 3 N–H and O–H groups in total. The number of benzene rings is 1. The van der Waals surface area contributed by atoms with Crippen molar-refractivity contribution in [3.8, 4) is 5.75 Å². The van der Waals surface area contributed by atoms with Gasteiger partial charge in [0.15, 0.2) is 5.96 Å². The van der Waals surface area contributed by atoms with Gasteiger partial charge in [-0.15, -0.1) is 0 Å². The van der Waals surface area contributed by atoms with Crippen molar-refractivity contribution in [1.29, 1.82) is 0 Å². The molecule has 0 aliphatic rings. The van der Waals surface area contributed by atoms with Crippen LogP contribution < -0.4 is 20.7 Å². The zero-order chi connectivity index (χ0) is 17.2. The molecule has 0 saturated heterocycles. The summed E-state index contributed by atoms with van der Waals surface area (Å²) < 4.78 is 5.39. The van der Waals surface area contributed by atoms with Gasteiger partial charge in [0.05, 0.1) is 7.11 Å². The highest BCUT2D eigenvalue weighted by molar-refractivity contribution is 5.80. The Morgan fingerprint density at radius 3 is 2.52 bits per heavy atom. The molecule has 1 aromatic carbocycles. The van der Waals surface area contributed by atoms with E-state index in [4.69, 9.17) is 4.74 Å². The molecule has 0 spiro atoms. The van der Waals surface area contributed by atoms with Crippen LogP contribution in [-0.4, -0.2) is 39.1 Å². The minimum absolute atomic E-state index is 0.00133. The molecule has 0 radical (unpaired) electrons. The number of amides is 1. The van der Waals surface area contributed by atoms with Crippen molar-refractivity contribution in [3.05, 3.63) is 29.3 Å². The van der Waals surface area contributed by atoms with Crippen LogP contribution in [0, 0.1) is 12.8 Å². The number of guanidine groups is 1. The van der Waals surface area contributed by atoms with Crippen molar-refractivity contribution < 1.29 is 9.53 Å². The Labute approximate surface area is 138 Å². The minimum Gasteiger partial charge on any atom is -0.496 e. The van der Waals surface area contributed by atoms with Gasteiger partial charge in [0.25, 0.3) is 0 Å². The van der Waals surface area contributed by atoms with E-state index in [1.807, 2.05) is 32.9 Å². The summed E-state index contributed by atoms with van der Waals surface area (Å²) in [6.45, 7) is 7.57. The molecule has 0 fully saturated rings. The van der Waals surface area contributed by atoms with Crippen molar-refractivity contribution in [2.75, 3.05) is 27.2 Å². The molecule has 1 rings (SSSR count). The maximum atomic E-state index is 11.5. The van der Waals surface area contributed by atoms with Crippen molar-refractivity contribution in [2.45, 2.75) is 27.3 Å².